The summed E-state index contributed by atoms with van der Waals surface area (Å²) in [4.78, 5) is 11.5. The standard InChI is InChI=1S/C17H18O2/c1-13(11-14-7-4-3-5-8-14)15-9-6-10-16(12-15)17(18)19-2/h3-10,12-13H,11H2,1-2H3. The number of hydrogen-bond donors (Lipinski definition) is 0. The number of ether oxygens (including phenoxy) is 1. The van der Waals surface area contributed by atoms with Gasteiger partial charge in [0, 0.05) is 0 Å². The molecular weight excluding hydrogens is 236 g/mol. The summed E-state index contributed by atoms with van der Waals surface area (Å²) in [6.45, 7) is 2.17. The summed E-state index contributed by atoms with van der Waals surface area (Å²) in [5.74, 6) is 0.0840. The van der Waals surface area contributed by atoms with E-state index in [-0.39, 0.29) is 5.97 Å². The van der Waals surface area contributed by atoms with Crippen molar-refractivity contribution in [2.24, 2.45) is 0 Å². The van der Waals surface area contributed by atoms with Gasteiger partial charge in [0.1, 0.15) is 0 Å². The fourth-order valence-corrected chi connectivity index (χ4v) is 2.18. The van der Waals surface area contributed by atoms with Crippen LogP contribution in [0.5, 0.6) is 0 Å². The number of carbonyl (C=O) groups is 1. The first-order valence-corrected chi connectivity index (χ1v) is 6.43. The smallest absolute Gasteiger partial charge is 0.337 e. The molecule has 0 aliphatic heterocycles. The van der Waals surface area contributed by atoms with Gasteiger partial charge in [-0.3, -0.25) is 0 Å². The summed E-state index contributed by atoms with van der Waals surface area (Å²) in [6, 6.07) is 18.0. The quantitative estimate of drug-likeness (QED) is 0.775. The molecule has 1 atom stereocenters. The van der Waals surface area contributed by atoms with E-state index in [0.717, 1.165) is 12.0 Å². The van der Waals surface area contributed by atoms with Crippen LogP contribution in [0.15, 0.2) is 54.6 Å². The average molecular weight is 254 g/mol. The van der Waals surface area contributed by atoms with Crippen molar-refractivity contribution in [3.05, 3.63) is 71.3 Å². The third kappa shape index (κ3) is 3.44. The van der Waals surface area contributed by atoms with Crippen molar-refractivity contribution in [1.82, 2.24) is 0 Å². The van der Waals surface area contributed by atoms with Crippen molar-refractivity contribution < 1.29 is 9.53 Å². The first kappa shape index (κ1) is 13.3. The zero-order valence-corrected chi connectivity index (χ0v) is 11.3. The van der Waals surface area contributed by atoms with E-state index >= 15 is 0 Å². The van der Waals surface area contributed by atoms with E-state index in [1.165, 1.54) is 12.7 Å². The van der Waals surface area contributed by atoms with Gasteiger partial charge < -0.3 is 4.74 Å². The molecule has 0 bridgehead atoms. The molecule has 19 heavy (non-hydrogen) atoms. The van der Waals surface area contributed by atoms with Crippen LogP contribution in [0.2, 0.25) is 0 Å². The Hall–Kier alpha value is -2.09. The summed E-state index contributed by atoms with van der Waals surface area (Å²) >= 11 is 0. The van der Waals surface area contributed by atoms with E-state index in [2.05, 4.69) is 25.1 Å². The molecule has 0 heterocycles. The number of esters is 1. The molecule has 0 amide bonds. The maximum absolute atomic E-state index is 11.5. The van der Waals surface area contributed by atoms with Gasteiger partial charge in [-0.2, -0.15) is 0 Å². The van der Waals surface area contributed by atoms with E-state index in [0.29, 0.717) is 11.5 Å². The van der Waals surface area contributed by atoms with Gasteiger partial charge in [-0.1, -0.05) is 49.4 Å². The minimum absolute atomic E-state index is 0.284. The van der Waals surface area contributed by atoms with Crippen molar-refractivity contribution in [3.63, 3.8) is 0 Å². The van der Waals surface area contributed by atoms with Gasteiger partial charge in [0.2, 0.25) is 0 Å². The van der Waals surface area contributed by atoms with Crippen LogP contribution in [0.3, 0.4) is 0 Å². The molecule has 0 aliphatic carbocycles. The predicted octanol–water partition coefficient (Wildman–Crippen LogP) is 3.82. The van der Waals surface area contributed by atoms with E-state index in [1.807, 2.05) is 30.3 Å². The lowest BCUT2D eigenvalue weighted by molar-refractivity contribution is 0.0600. The molecule has 0 radical (unpaired) electrons. The number of methoxy groups -OCH3 is 1. The predicted molar refractivity (Wildman–Crippen MR) is 76.3 cm³/mol. The van der Waals surface area contributed by atoms with Gasteiger partial charge in [0.15, 0.2) is 0 Å². The third-order valence-electron chi connectivity index (χ3n) is 3.26. The van der Waals surface area contributed by atoms with Crippen LogP contribution in [-0.2, 0) is 11.2 Å². The first-order chi connectivity index (χ1) is 9.20. The molecule has 0 saturated heterocycles. The Balaban J connectivity index is 2.15. The normalized spacial score (nSPS) is 11.9. The average Bonchev–Trinajstić information content (AvgIpc) is 2.47. The maximum Gasteiger partial charge on any atom is 0.337 e. The molecule has 2 heteroatoms. The third-order valence-corrected chi connectivity index (χ3v) is 3.26. The lowest BCUT2D eigenvalue weighted by atomic mass is 9.93. The maximum atomic E-state index is 11.5. The van der Waals surface area contributed by atoms with E-state index in [4.69, 9.17) is 4.74 Å². The molecule has 2 aromatic rings. The van der Waals surface area contributed by atoms with Gasteiger partial charge in [0.25, 0.3) is 0 Å². The Labute approximate surface area is 114 Å². The minimum Gasteiger partial charge on any atom is -0.465 e. The van der Waals surface area contributed by atoms with Crippen LogP contribution in [0.25, 0.3) is 0 Å². The SMILES string of the molecule is COC(=O)c1cccc(C(C)Cc2ccccc2)c1. The Morgan fingerprint density at radius 3 is 2.53 bits per heavy atom. The summed E-state index contributed by atoms with van der Waals surface area (Å²) in [7, 11) is 1.41. The fourth-order valence-electron chi connectivity index (χ4n) is 2.18. The van der Waals surface area contributed by atoms with Crippen molar-refractivity contribution in [2.45, 2.75) is 19.3 Å². The summed E-state index contributed by atoms with van der Waals surface area (Å²) < 4.78 is 4.75. The van der Waals surface area contributed by atoms with Crippen LogP contribution < -0.4 is 0 Å². The number of hydrogen-bond acceptors (Lipinski definition) is 2. The zero-order chi connectivity index (χ0) is 13.7. The second-order valence-corrected chi connectivity index (χ2v) is 4.71. The zero-order valence-electron chi connectivity index (χ0n) is 11.3. The molecular formula is C17H18O2. The van der Waals surface area contributed by atoms with Crippen molar-refractivity contribution >= 4 is 5.97 Å². The van der Waals surface area contributed by atoms with Crippen LogP contribution in [0.1, 0.15) is 34.3 Å². The van der Waals surface area contributed by atoms with Gasteiger partial charge in [-0.25, -0.2) is 4.79 Å². The van der Waals surface area contributed by atoms with Gasteiger partial charge in [-0.05, 0) is 35.6 Å². The van der Waals surface area contributed by atoms with E-state index in [1.54, 1.807) is 6.07 Å². The highest BCUT2D eigenvalue weighted by atomic mass is 16.5. The second-order valence-electron chi connectivity index (χ2n) is 4.71. The summed E-state index contributed by atoms with van der Waals surface area (Å²) in [5, 5.41) is 0. The van der Waals surface area contributed by atoms with Crippen molar-refractivity contribution in [3.8, 4) is 0 Å². The molecule has 0 aromatic heterocycles. The molecule has 1 unspecified atom stereocenters. The highest BCUT2D eigenvalue weighted by molar-refractivity contribution is 5.89. The van der Waals surface area contributed by atoms with Crippen LogP contribution in [-0.4, -0.2) is 13.1 Å². The number of benzene rings is 2. The van der Waals surface area contributed by atoms with E-state index in [9.17, 15) is 4.79 Å². The van der Waals surface area contributed by atoms with Crippen LogP contribution in [0, 0.1) is 0 Å². The fraction of sp³-hybridized carbons (Fsp3) is 0.235. The van der Waals surface area contributed by atoms with Crippen LogP contribution in [0.4, 0.5) is 0 Å². The Morgan fingerprint density at radius 1 is 1.11 bits per heavy atom. The Morgan fingerprint density at radius 2 is 1.84 bits per heavy atom. The van der Waals surface area contributed by atoms with Crippen LogP contribution >= 0.6 is 0 Å². The molecule has 98 valence electrons. The van der Waals surface area contributed by atoms with E-state index < -0.39 is 0 Å². The van der Waals surface area contributed by atoms with Gasteiger partial charge >= 0.3 is 5.97 Å². The molecule has 2 rings (SSSR count). The monoisotopic (exact) mass is 254 g/mol. The molecule has 0 spiro atoms. The molecule has 2 aromatic carbocycles. The molecule has 2 nitrogen and oxygen atoms in total. The lowest BCUT2D eigenvalue weighted by Gasteiger charge is -2.13. The van der Waals surface area contributed by atoms with Gasteiger partial charge in [-0.15, -0.1) is 0 Å². The molecule has 0 aliphatic rings. The summed E-state index contributed by atoms with van der Waals surface area (Å²) in [5.41, 5.74) is 3.07. The Bertz CT molecular complexity index is 546. The number of rotatable bonds is 4. The van der Waals surface area contributed by atoms with Crippen molar-refractivity contribution in [1.29, 1.82) is 0 Å². The van der Waals surface area contributed by atoms with Gasteiger partial charge in [0.05, 0.1) is 12.7 Å². The number of carbonyl (C=O) groups excluding carboxylic acids is 1. The second kappa shape index (κ2) is 6.19. The highest BCUT2D eigenvalue weighted by Crippen LogP contribution is 2.21. The Kier molecular flexibility index (Phi) is 4.35. The molecule has 0 fully saturated rings. The molecule has 0 N–H and O–H groups in total. The molecule has 0 saturated carbocycles. The summed E-state index contributed by atoms with van der Waals surface area (Å²) in [6.07, 6.45) is 0.964. The highest BCUT2D eigenvalue weighted by Gasteiger charge is 2.10. The largest absolute Gasteiger partial charge is 0.465 e. The van der Waals surface area contributed by atoms with Crippen molar-refractivity contribution in [2.75, 3.05) is 7.11 Å². The minimum atomic E-state index is -0.284. The first-order valence-electron chi connectivity index (χ1n) is 6.43. The topological polar surface area (TPSA) is 26.3 Å². The lowest BCUT2D eigenvalue weighted by Crippen LogP contribution is -2.04.